The van der Waals surface area contributed by atoms with Crippen molar-refractivity contribution in [2.75, 3.05) is 24.5 Å². The van der Waals surface area contributed by atoms with Crippen LogP contribution in [-0.4, -0.2) is 45.4 Å². The fraction of sp³-hybridized carbons (Fsp3) is 0.625. The predicted octanol–water partition coefficient (Wildman–Crippen LogP) is 1.42. The Morgan fingerprint density at radius 2 is 2.23 bits per heavy atom. The number of hydrogen-bond acceptors (Lipinski definition) is 5. The Morgan fingerprint density at radius 1 is 1.32 bits per heavy atom. The minimum absolute atomic E-state index is 0.232. The van der Waals surface area contributed by atoms with Crippen LogP contribution in [0.15, 0.2) is 12.3 Å². The largest absolute Gasteiger partial charge is 0.391 e. The molecule has 2 atom stereocenters. The van der Waals surface area contributed by atoms with E-state index in [0.29, 0.717) is 12.6 Å². The second-order valence-electron chi connectivity index (χ2n) is 6.51. The van der Waals surface area contributed by atoms with Gasteiger partial charge in [-0.05, 0) is 32.7 Å². The van der Waals surface area contributed by atoms with Crippen molar-refractivity contribution in [2.24, 2.45) is 0 Å². The summed E-state index contributed by atoms with van der Waals surface area (Å²) in [6.45, 7) is 4.68. The molecule has 0 aliphatic carbocycles. The van der Waals surface area contributed by atoms with E-state index < -0.39 is 0 Å². The summed E-state index contributed by atoms with van der Waals surface area (Å²) >= 11 is 0. The number of fused-ring (bicyclic) bond motifs is 1. The van der Waals surface area contributed by atoms with Crippen molar-refractivity contribution in [2.45, 2.75) is 44.8 Å². The maximum absolute atomic E-state index is 9.74. The van der Waals surface area contributed by atoms with E-state index in [1.54, 1.807) is 0 Å². The van der Waals surface area contributed by atoms with Gasteiger partial charge >= 0.3 is 0 Å². The summed E-state index contributed by atoms with van der Waals surface area (Å²) in [6, 6.07) is 2.45. The molecular weight excluding hydrogens is 278 g/mol. The van der Waals surface area contributed by atoms with Gasteiger partial charge in [0, 0.05) is 30.9 Å². The minimum atomic E-state index is -0.232. The molecule has 2 saturated heterocycles. The zero-order valence-electron chi connectivity index (χ0n) is 13.0. The van der Waals surface area contributed by atoms with Gasteiger partial charge in [0.2, 0.25) is 0 Å². The molecule has 2 aromatic heterocycles. The highest BCUT2D eigenvalue weighted by atomic mass is 16.3. The lowest BCUT2D eigenvalue weighted by molar-refractivity contribution is 0.198. The van der Waals surface area contributed by atoms with Gasteiger partial charge in [0.25, 0.3) is 0 Å². The van der Waals surface area contributed by atoms with Gasteiger partial charge in [-0.3, -0.25) is 0 Å². The lowest BCUT2D eigenvalue weighted by atomic mass is 10.0. The maximum atomic E-state index is 9.74. The molecule has 0 saturated carbocycles. The minimum Gasteiger partial charge on any atom is -0.391 e. The zero-order chi connectivity index (χ0) is 15.1. The lowest BCUT2D eigenvalue weighted by Crippen LogP contribution is -2.27. The summed E-state index contributed by atoms with van der Waals surface area (Å²) in [5, 5.41) is 18.0. The van der Waals surface area contributed by atoms with Crippen LogP contribution in [0.2, 0.25) is 0 Å². The normalized spacial score (nSPS) is 26.0. The first-order chi connectivity index (χ1) is 10.7. The second kappa shape index (κ2) is 5.52. The number of aromatic nitrogens is 3. The topological polar surface area (TPSA) is 65.7 Å². The number of nitrogens with zero attached hydrogens (tertiary/aromatic N) is 4. The summed E-state index contributed by atoms with van der Waals surface area (Å²) in [7, 11) is 0. The molecule has 0 radical (unpaired) electrons. The first-order valence-corrected chi connectivity index (χ1v) is 8.24. The number of nitrogens with one attached hydrogen (secondary N) is 1. The predicted molar refractivity (Wildman–Crippen MR) is 85.2 cm³/mol. The number of hydrogen-bond donors (Lipinski definition) is 2. The van der Waals surface area contributed by atoms with E-state index in [0.717, 1.165) is 48.7 Å². The highest BCUT2D eigenvalue weighted by molar-refractivity contribution is 5.54. The van der Waals surface area contributed by atoms with Crippen LogP contribution in [0, 0.1) is 6.92 Å². The Labute approximate surface area is 130 Å². The van der Waals surface area contributed by atoms with Crippen molar-refractivity contribution in [3.8, 4) is 0 Å². The molecule has 0 spiro atoms. The van der Waals surface area contributed by atoms with Gasteiger partial charge < -0.3 is 15.3 Å². The summed E-state index contributed by atoms with van der Waals surface area (Å²) in [4.78, 5) is 6.97. The molecule has 0 bridgehead atoms. The molecule has 0 unspecified atom stereocenters. The van der Waals surface area contributed by atoms with Crippen molar-refractivity contribution in [1.82, 2.24) is 19.9 Å². The molecule has 4 rings (SSSR count). The number of aryl methyl sites for hydroxylation is 1. The molecular formula is C16H23N5O. The lowest BCUT2D eigenvalue weighted by Gasteiger charge is -2.21. The molecule has 2 aliphatic heterocycles. The number of β-amino-alcohol motifs (C(OH)–C–C–N with tert-alkyl or cyclic N) is 1. The number of aliphatic hydroxyl groups is 1. The molecule has 118 valence electrons. The number of aliphatic hydroxyl groups excluding tert-OH is 1. The van der Waals surface area contributed by atoms with E-state index >= 15 is 0 Å². The highest BCUT2D eigenvalue weighted by Gasteiger charge is 2.24. The van der Waals surface area contributed by atoms with Crippen LogP contribution in [0.25, 0.3) is 5.65 Å². The van der Waals surface area contributed by atoms with E-state index in [1.165, 1.54) is 12.8 Å². The molecule has 4 heterocycles. The van der Waals surface area contributed by atoms with Gasteiger partial charge in [0.15, 0.2) is 5.65 Å². The van der Waals surface area contributed by atoms with Gasteiger partial charge in [0.05, 0.1) is 17.8 Å². The van der Waals surface area contributed by atoms with Gasteiger partial charge in [-0.15, -0.1) is 0 Å². The SMILES string of the molecule is Cc1cn2nc([C@@H]3CCCCN3)cc2nc1N1CC[C@@H](O)C1. The van der Waals surface area contributed by atoms with E-state index in [-0.39, 0.29) is 6.10 Å². The smallest absolute Gasteiger partial charge is 0.157 e. The number of rotatable bonds is 2. The number of anilines is 1. The van der Waals surface area contributed by atoms with E-state index in [9.17, 15) is 5.11 Å². The summed E-state index contributed by atoms with van der Waals surface area (Å²) < 4.78 is 1.89. The molecule has 0 amide bonds. The average molecular weight is 301 g/mol. The van der Waals surface area contributed by atoms with Crippen LogP contribution >= 0.6 is 0 Å². The van der Waals surface area contributed by atoms with Crippen molar-refractivity contribution in [1.29, 1.82) is 0 Å². The Morgan fingerprint density at radius 3 is 2.95 bits per heavy atom. The summed E-state index contributed by atoms with van der Waals surface area (Å²) in [5.74, 6) is 0.979. The molecule has 0 aromatic carbocycles. The molecule has 6 nitrogen and oxygen atoms in total. The van der Waals surface area contributed by atoms with Gasteiger partial charge in [0.1, 0.15) is 5.82 Å². The molecule has 2 fully saturated rings. The summed E-state index contributed by atoms with van der Waals surface area (Å²) in [6.07, 6.45) is 6.30. The molecule has 2 N–H and O–H groups in total. The van der Waals surface area contributed by atoms with Crippen LogP contribution in [0.3, 0.4) is 0 Å². The fourth-order valence-corrected chi connectivity index (χ4v) is 3.55. The third kappa shape index (κ3) is 2.46. The first kappa shape index (κ1) is 14.0. The van der Waals surface area contributed by atoms with Gasteiger partial charge in [-0.25, -0.2) is 9.50 Å². The molecule has 2 aromatic rings. The van der Waals surface area contributed by atoms with Gasteiger partial charge in [-0.2, -0.15) is 5.10 Å². The van der Waals surface area contributed by atoms with Crippen LogP contribution in [0.4, 0.5) is 5.82 Å². The van der Waals surface area contributed by atoms with Crippen molar-refractivity contribution < 1.29 is 5.11 Å². The maximum Gasteiger partial charge on any atom is 0.157 e. The van der Waals surface area contributed by atoms with E-state index in [1.807, 2.05) is 4.52 Å². The molecule has 22 heavy (non-hydrogen) atoms. The van der Waals surface area contributed by atoms with Crippen LogP contribution in [0.5, 0.6) is 0 Å². The average Bonchev–Trinajstić information content (AvgIpc) is 3.13. The standard InChI is InChI=1S/C16H23N5O/c1-11-9-21-15(18-16(11)20-7-5-12(22)10-20)8-14(19-21)13-4-2-3-6-17-13/h8-9,12-13,17,22H,2-7,10H2,1H3/t12-,13+/m1/s1. The van der Waals surface area contributed by atoms with Crippen LogP contribution in [0.1, 0.15) is 43.0 Å². The van der Waals surface area contributed by atoms with Crippen LogP contribution < -0.4 is 10.2 Å². The van der Waals surface area contributed by atoms with Crippen molar-refractivity contribution >= 4 is 11.5 Å². The van der Waals surface area contributed by atoms with Gasteiger partial charge in [-0.1, -0.05) is 6.42 Å². The second-order valence-corrected chi connectivity index (χ2v) is 6.51. The third-order valence-electron chi connectivity index (χ3n) is 4.75. The molecule has 6 heteroatoms. The summed E-state index contributed by atoms with van der Waals surface area (Å²) in [5.41, 5.74) is 3.09. The van der Waals surface area contributed by atoms with Crippen LogP contribution in [-0.2, 0) is 0 Å². The van der Waals surface area contributed by atoms with Crippen molar-refractivity contribution in [3.63, 3.8) is 0 Å². The monoisotopic (exact) mass is 301 g/mol. The van der Waals surface area contributed by atoms with E-state index in [2.05, 4.69) is 29.4 Å². The highest BCUT2D eigenvalue weighted by Crippen LogP contribution is 2.26. The quantitative estimate of drug-likeness (QED) is 0.878. The molecule has 2 aliphatic rings. The first-order valence-electron chi connectivity index (χ1n) is 8.24. The third-order valence-corrected chi connectivity index (χ3v) is 4.75. The Bertz CT molecular complexity index is 676. The fourth-order valence-electron chi connectivity index (χ4n) is 3.55. The van der Waals surface area contributed by atoms with Crippen molar-refractivity contribution in [3.05, 3.63) is 23.5 Å². The Hall–Kier alpha value is -1.66. The Balaban J connectivity index is 1.67. The van der Waals surface area contributed by atoms with E-state index in [4.69, 9.17) is 10.1 Å². The number of piperidine rings is 1. The zero-order valence-corrected chi connectivity index (χ0v) is 13.0. The Kier molecular flexibility index (Phi) is 3.50.